The van der Waals surface area contributed by atoms with Gasteiger partial charge in [-0.25, -0.2) is 0 Å². The van der Waals surface area contributed by atoms with E-state index in [1.165, 1.54) is 0 Å². The fraction of sp³-hybridized carbons (Fsp3) is 0.615. The largest absolute Gasteiger partial charge is 0.353 e. The van der Waals surface area contributed by atoms with Crippen LogP contribution in [0.4, 0.5) is 0 Å². The summed E-state index contributed by atoms with van der Waals surface area (Å²) in [5, 5.41) is 12.5. The van der Waals surface area contributed by atoms with Crippen LogP contribution in [0, 0.1) is 13.8 Å². The third kappa shape index (κ3) is 3.81. The molecule has 0 spiro atoms. The summed E-state index contributed by atoms with van der Waals surface area (Å²) in [6.07, 6.45) is 3.31. The lowest BCUT2D eigenvalue weighted by molar-refractivity contribution is -0.121. The molecular formula is C13H20N4O2. The van der Waals surface area contributed by atoms with Crippen LogP contribution in [0.5, 0.6) is 0 Å². The van der Waals surface area contributed by atoms with Gasteiger partial charge in [0.05, 0.1) is 11.3 Å². The molecule has 1 aliphatic rings. The lowest BCUT2D eigenvalue weighted by Gasteiger charge is -2.06. The van der Waals surface area contributed by atoms with Gasteiger partial charge in [-0.15, -0.1) is 0 Å². The van der Waals surface area contributed by atoms with Gasteiger partial charge in [-0.3, -0.25) is 14.7 Å². The van der Waals surface area contributed by atoms with Crippen molar-refractivity contribution >= 4 is 11.8 Å². The van der Waals surface area contributed by atoms with Gasteiger partial charge < -0.3 is 10.6 Å². The van der Waals surface area contributed by atoms with E-state index in [-0.39, 0.29) is 11.8 Å². The van der Waals surface area contributed by atoms with E-state index in [2.05, 4.69) is 20.8 Å². The van der Waals surface area contributed by atoms with E-state index in [1.54, 1.807) is 6.92 Å². The van der Waals surface area contributed by atoms with Crippen molar-refractivity contribution < 1.29 is 9.59 Å². The maximum absolute atomic E-state index is 11.9. The van der Waals surface area contributed by atoms with Crippen molar-refractivity contribution in [3.05, 3.63) is 17.0 Å². The normalized spacial score (nSPS) is 14.2. The molecule has 1 aromatic rings. The zero-order valence-electron chi connectivity index (χ0n) is 11.4. The monoisotopic (exact) mass is 264 g/mol. The predicted octanol–water partition coefficient (Wildman–Crippen LogP) is 0.815. The number of aromatic nitrogens is 2. The molecule has 2 rings (SSSR count). The molecule has 1 aromatic heterocycles. The highest BCUT2D eigenvalue weighted by Crippen LogP contribution is 2.18. The first-order valence-corrected chi connectivity index (χ1v) is 6.67. The Hall–Kier alpha value is -1.85. The van der Waals surface area contributed by atoms with Crippen LogP contribution in [0.2, 0.25) is 0 Å². The Labute approximate surface area is 112 Å². The van der Waals surface area contributed by atoms with Crippen molar-refractivity contribution in [1.29, 1.82) is 0 Å². The maximum Gasteiger partial charge on any atom is 0.255 e. The quantitative estimate of drug-likeness (QED) is 0.665. The van der Waals surface area contributed by atoms with Crippen molar-refractivity contribution in [2.75, 3.05) is 6.54 Å². The number of H-pyrrole nitrogens is 1. The van der Waals surface area contributed by atoms with Gasteiger partial charge in [-0.1, -0.05) is 0 Å². The average Bonchev–Trinajstić information content (AvgIpc) is 3.10. The average molecular weight is 264 g/mol. The minimum absolute atomic E-state index is 0.0763. The summed E-state index contributed by atoms with van der Waals surface area (Å²) in [5.41, 5.74) is 2.06. The van der Waals surface area contributed by atoms with E-state index in [4.69, 9.17) is 0 Å². The van der Waals surface area contributed by atoms with Crippen molar-refractivity contribution in [3.8, 4) is 0 Å². The molecule has 6 nitrogen and oxygen atoms in total. The molecule has 1 aliphatic carbocycles. The first kappa shape index (κ1) is 13.6. The van der Waals surface area contributed by atoms with E-state index in [9.17, 15) is 9.59 Å². The summed E-state index contributed by atoms with van der Waals surface area (Å²) in [6.45, 7) is 4.11. The van der Waals surface area contributed by atoms with Crippen molar-refractivity contribution in [1.82, 2.24) is 20.8 Å². The zero-order chi connectivity index (χ0) is 13.8. The molecule has 1 fully saturated rings. The van der Waals surface area contributed by atoms with Crippen molar-refractivity contribution in [2.45, 2.75) is 45.6 Å². The van der Waals surface area contributed by atoms with E-state index >= 15 is 0 Å². The molecular weight excluding hydrogens is 244 g/mol. The third-order valence-electron chi connectivity index (χ3n) is 3.16. The van der Waals surface area contributed by atoms with E-state index in [0.717, 1.165) is 18.5 Å². The number of aryl methyl sites for hydroxylation is 2. The highest BCUT2D eigenvalue weighted by atomic mass is 16.2. The number of nitrogens with zero attached hydrogens (tertiary/aromatic N) is 1. The Morgan fingerprint density at radius 2 is 2.11 bits per heavy atom. The molecule has 0 aliphatic heterocycles. The van der Waals surface area contributed by atoms with Crippen LogP contribution in [-0.4, -0.2) is 34.6 Å². The fourth-order valence-corrected chi connectivity index (χ4v) is 1.95. The first-order valence-electron chi connectivity index (χ1n) is 6.67. The highest BCUT2D eigenvalue weighted by molar-refractivity contribution is 5.96. The minimum atomic E-state index is -0.133. The molecule has 0 atom stereocenters. The van der Waals surface area contributed by atoms with Crippen LogP contribution in [0.15, 0.2) is 0 Å². The minimum Gasteiger partial charge on any atom is -0.353 e. The summed E-state index contributed by atoms with van der Waals surface area (Å²) < 4.78 is 0. The van der Waals surface area contributed by atoms with Crippen molar-refractivity contribution in [3.63, 3.8) is 0 Å². The number of carbonyl (C=O) groups excluding carboxylic acids is 2. The second-order valence-corrected chi connectivity index (χ2v) is 5.01. The Morgan fingerprint density at radius 3 is 2.68 bits per heavy atom. The number of rotatable bonds is 6. The molecule has 1 saturated carbocycles. The molecule has 1 heterocycles. The van der Waals surface area contributed by atoms with Gasteiger partial charge in [-0.05, 0) is 33.1 Å². The smallest absolute Gasteiger partial charge is 0.255 e. The molecule has 0 unspecified atom stereocenters. The molecule has 0 radical (unpaired) electrons. The van der Waals surface area contributed by atoms with Gasteiger partial charge in [0.15, 0.2) is 0 Å². The number of carbonyl (C=O) groups is 2. The van der Waals surface area contributed by atoms with Crippen LogP contribution in [0.25, 0.3) is 0 Å². The predicted molar refractivity (Wildman–Crippen MR) is 70.8 cm³/mol. The molecule has 2 amide bonds. The summed E-state index contributed by atoms with van der Waals surface area (Å²) in [4.78, 5) is 23.3. The van der Waals surface area contributed by atoms with Crippen LogP contribution >= 0.6 is 0 Å². The van der Waals surface area contributed by atoms with Gasteiger partial charge >= 0.3 is 0 Å². The number of hydrogen-bond donors (Lipinski definition) is 3. The van der Waals surface area contributed by atoms with Crippen LogP contribution in [0.3, 0.4) is 0 Å². The molecule has 3 N–H and O–H groups in total. The van der Waals surface area contributed by atoms with E-state index in [0.29, 0.717) is 36.7 Å². The lowest BCUT2D eigenvalue weighted by atomic mass is 10.2. The Kier molecular flexibility index (Phi) is 4.19. The molecule has 0 bridgehead atoms. The topological polar surface area (TPSA) is 86.9 Å². The number of hydrogen-bond acceptors (Lipinski definition) is 3. The molecule has 104 valence electrons. The van der Waals surface area contributed by atoms with Crippen LogP contribution in [-0.2, 0) is 4.79 Å². The van der Waals surface area contributed by atoms with Crippen LogP contribution < -0.4 is 10.6 Å². The molecule has 6 heteroatoms. The number of amides is 2. The van der Waals surface area contributed by atoms with E-state index in [1.807, 2.05) is 6.92 Å². The van der Waals surface area contributed by atoms with Gasteiger partial charge in [0.25, 0.3) is 5.91 Å². The summed E-state index contributed by atoms with van der Waals surface area (Å²) in [5.74, 6) is -0.0567. The Balaban J connectivity index is 1.67. The standard InChI is InChI=1S/C13H20N4O2/c1-8-12(9(2)17-16-8)13(19)14-7-3-4-11(18)15-10-5-6-10/h10H,3-7H2,1-2H3,(H,14,19)(H,15,18)(H,16,17). The molecule has 0 aromatic carbocycles. The first-order chi connectivity index (χ1) is 9.08. The Bertz CT molecular complexity index is 457. The molecule has 0 saturated heterocycles. The van der Waals surface area contributed by atoms with E-state index < -0.39 is 0 Å². The number of nitrogens with one attached hydrogen (secondary N) is 3. The highest BCUT2D eigenvalue weighted by Gasteiger charge is 2.22. The maximum atomic E-state index is 11.9. The Morgan fingerprint density at radius 1 is 1.37 bits per heavy atom. The van der Waals surface area contributed by atoms with Gasteiger partial charge in [-0.2, -0.15) is 5.10 Å². The van der Waals surface area contributed by atoms with Gasteiger partial charge in [0.2, 0.25) is 5.91 Å². The van der Waals surface area contributed by atoms with Crippen LogP contribution in [0.1, 0.15) is 47.4 Å². The summed E-state index contributed by atoms with van der Waals surface area (Å²) >= 11 is 0. The van der Waals surface area contributed by atoms with Gasteiger partial charge in [0, 0.05) is 24.7 Å². The number of aromatic amines is 1. The van der Waals surface area contributed by atoms with Gasteiger partial charge in [0.1, 0.15) is 0 Å². The zero-order valence-corrected chi connectivity index (χ0v) is 11.4. The fourth-order valence-electron chi connectivity index (χ4n) is 1.95. The second kappa shape index (κ2) is 5.86. The lowest BCUT2D eigenvalue weighted by Crippen LogP contribution is -2.28. The van der Waals surface area contributed by atoms with Crippen molar-refractivity contribution in [2.24, 2.45) is 0 Å². The third-order valence-corrected chi connectivity index (χ3v) is 3.16. The SMILES string of the molecule is Cc1n[nH]c(C)c1C(=O)NCCCC(=O)NC1CC1. The molecule has 19 heavy (non-hydrogen) atoms. The summed E-state index contributed by atoms with van der Waals surface area (Å²) in [7, 11) is 0. The second-order valence-electron chi connectivity index (χ2n) is 5.01. The summed E-state index contributed by atoms with van der Waals surface area (Å²) in [6, 6.07) is 0.401.